The Balaban J connectivity index is 1.61. The van der Waals surface area contributed by atoms with E-state index in [-0.39, 0.29) is 18.2 Å². The molecule has 2 aromatic carbocycles. The van der Waals surface area contributed by atoms with Gasteiger partial charge in [-0.3, -0.25) is 14.5 Å². The number of hydrogen-bond donors (Lipinski definition) is 1. The molecule has 1 aliphatic carbocycles. The topological polar surface area (TPSA) is 66.5 Å². The second-order valence-corrected chi connectivity index (χ2v) is 7.56. The van der Waals surface area contributed by atoms with Gasteiger partial charge in [0.05, 0.1) is 6.54 Å². The maximum absolute atomic E-state index is 13.0. The van der Waals surface area contributed by atoms with Gasteiger partial charge in [-0.15, -0.1) is 0 Å². The van der Waals surface area contributed by atoms with Crippen LogP contribution in [0.2, 0.25) is 0 Å². The van der Waals surface area contributed by atoms with Crippen molar-refractivity contribution < 1.29 is 14.4 Å². The lowest BCUT2D eigenvalue weighted by Crippen LogP contribution is -2.42. The number of urea groups is 1. The van der Waals surface area contributed by atoms with Gasteiger partial charge in [0.25, 0.3) is 5.91 Å². The first-order valence-electron chi connectivity index (χ1n) is 8.02. The van der Waals surface area contributed by atoms with E-state index in [1.54, 1.807) is 12.1 Å². The molecule has 0 radical (unpaired) electrons. The molecule has 6 heteroatoms. The first kappa shape index (κ1) is 16.3. The number of Topliss-reactive ketones (excluding diaryl/α,β-unsaturated/α-hetero) is 1. The number of rotatable bonds is 3. The zero-order chi connectivity index (χ0) is 17.6. The van der Waals surface area contributed by atoms with Crippen LogP contribution >= 0.6 is 22.6 Å². The summed E-state index contributed by atoms with van der Waals surface area (Å²) in [5, 5.41) is 2.84. The third-order valence-electron chi connectivity index (χ3n) is 4.89. The minimum absolute atomic E-state index is 0.241. The van der Waals surface area contributed by atoms with Gasteiger partial charge in [0.2, 0.25) is 0 Å². The number of aryl methyl sites for hydroxylation is 1. The molecule has 0 unspecified atom stereocenters. The van der Waals surface area contributed by atoms with Crippen LogP contribution < -0.4 is 5.32 Å². The first-order chi connectivity index (χ1) is 12.0. The Labute approximate surface area is 158 Å². The number of imide groups is 1. The second kappa shape index (κ2) is 5.94. The summed E-state index contributed by atoms with van der Waals surface area (Å²) in [5.41, 5.74) is 1.40. The van der Waals surface area contributed by atoms with Crippen molar-refractivity contribution in [3.05, 3.63) is 68.8 Å². The highest BCUT2D eigenvalue weighted by Gasteiger charge is 2.55. The molecule has 1 spiro atoms. The van der Waals surface area contributed by atoms with Crippen molar-refractivity contribution in [2.24, 2.45) is 0 Å². The maximum atomic E-state index is 13.0. The first-order valence-corrected chi connectivity index (χ1v) is 9.10. The number of nitrogens with one attached hydrogen (secondary N) is 1. The van der Waals surface area contributed by atoms with Gasteiger partial charge in [-0.2, -0.15) is 0 Å². The third-order valence-corrected chi connectivity index (χ3v) is 5.61. The molecular formula is C19H15IN2O3. The maximum Gasteiger partial charge on any atom is 0.325 e. The van der Waals surface area contributed by atoms with Crippen molar-refractivity contribution in [1.82, 2.24) is 10.2 Å². The molecule has 3 amide bonds. The molecule has 2 aromatic rings. The predicted molar refractivity (Wildman–Crippen MR) is 100 cm³/mol. The number of ketones is 1. The van der Waals surface area contributed by atoms with Crippen molar-refractivity contribution in [3.8, 4) is 0 Å². The summed E-state index contributed by atoms with van der Waals surface area (Å²) in [6, 6.07) is 14.2. The molecule has 5 nitrogen and oxygen atoms in total. The van der Waals surface area contributed by atoms with E-state index in [9.17, 15) is 14.4 Å². The van der Waals surface area contributed by atoms with E-state index in [1.165, 1.54) is 0 Å². The third kappa shape index (κ3) is 2.55. The molecule has 1 atom stereocenters. The smallest absolute Gasteiger partial charge is 0.319 e. The van der Waals surface area contributed by atoms with Crippen molar-refractivity contribution in [3.63, 3.8) is 0 Å². The van der Waals surface area contributed by atoms with E-state index in [0.717, 1.165) is 26.0 Å². The monoisotopic (exact) mass is 446 g/mol. The van der Waals surface area contributed by atoms with Gasteiger partial charge in [-0.05, 0) is 58.7 Å². The van der Waals surface area contributed by atoms with Gasteiger partial charge >= 0.3 is 6.03 Å². The van der Waals surface area contributed by atoms with Crippen LogP contribution in [0.15, 0.2) is 48.5 Å². The van der Waals surface area contributed by atoms with Gasteiger partial charge in [-0.1, -0.05) is 36.4 Å². The van der Waals surface area contributed by atoms with Crippen LogP contribution in [0.4, 0.5) is 4.79 Å². The Kier molecular flexibility index (Phi) is 3.87. The summed E-state index contributed by atoms with van der Waals surface area (Å²) in [6.07, 6.45) is 1.27. The van der Waals surface area contributed by atoms with Gasteiger partial charge < -0.3 is 5.32 Å². The molecule has 1 N–H and O–H groups in total. The van der Waals surface area contributed by atoms with Crippen molar-refractivity contribution in [1.29, 1.82) is 0 Å². The Bertz CT molecular complexity index is 894. The molecule has 0 saturated carbocycles. The minimum Gasteiger partial charge on any atom is -0.319 e. The van der Waals surface area contributed by atoms with E-state index in [0.29, 0.717) is 12.0 Å². The Hall–Kier alpha value is -2.22. The molecule has 1 saturated heterocycles. The molecule has 2 aliphatic rings. The van der Waals surface area contributed by atoms with E-state index < -0.39 is 11.6 Å². The molecule has 1 aliphatic heterocycles. The lowest BCUT2D eigenvalue weighted by molar-refractivity contribution is -0.131. The van der Waals surface area contributed by atoms with Gasteiger partial charge in [0, 0.05) is 9.13 Å². The second-order valence-electron chi connectivity index (χ2n) is 6.31. The fraction of sp³-hybridized carbons (Fsp3) is 0.211. The minimum atomic E-state index is -1.01. The number of amides is 3. The molecule has 4 rings (SSSR count). The van der Waals surface area contributed by atoms with Crippen molar-refractivity contribution >= 4 is 40.3 Å². The Morgan fingerprint density at radius 1 is 1.12 bits per heavy atom. The zero-order valence-electron chi connectivity index (χ0n) is 13.3. The predicted octanol–water partition coefficient (Wildman–Crippen LogP) is 2.87. The van der Waals surface area contributed by atoms with Gasteiger partial charge in [0.15, 0.2) is 5.78 Å². The van der Waals surface area contributed by atoms with Crippen LogP contribution in [0.25, 0.3) is 0 Å². The van der Waals surface area contributed by atoms with E-state index in [4.69, 9.17) is 0 Å². The molecule has 1 heterocycles. The highest BCUT2D eigenvalue weighted by molar-refractivity contribution is 14.1. The van der Waals surface area contributed by atoms with E-state index in [2.05, 4.69) is 27.9 Å². The fourth-order valence-corrected chi connectivity index (χ4v) is 3.96. The molecular weight excluding hydrogens is 431 g/mol. The molecule has 0 aromatic heterocycles. The summed E-state index contributed by atoms with van der Waals surface area (Å²) < 4.78 is 1.02. The molecule has 126 valence electrons. The average molecular weight is 446 g/mol. The zero-order valence-corrected chi connectivity index (χ0v) is 15.4. The summed E-state index contributed by atoms with van der Waals surface area (Å²) in [7, 11) is 0. The fourth-order valence-electron chi connectivity index (χ4n) is 3.60. The average Bonchev–Trinajstić information content (AvgIpc) is 3.09. The van der Waals surface area contributed by atoms with Crippen LogP contribution in [0, 0.1) is 3.57 Å². The number of fused-ring (bicyclic) bond motifs is 2. The van der Waals surface area contributed by atoms with Crippen LogP contribution in [0.3, 0.4) is 0 Å². The Morgan fingerprint density at radius 2 is 1.84 bits per heavy atom. The quantitative estimate of drug-likeness (QED) is 0.448. The van der Waals surface area contributed by atoms with Gasteiger partial charge in [-0.25, -0.2) is 4.79 Å². The highest BCUT2D eigenvalue weighted by Crippen LogP contribution is 2.41. The summed E-state index contributed by atoms with van der Waals surface area (Å²) >= 11 is 2.16. The molecule has 0 bridgehead atoms. The number of carbonyl (C=O) groups is 3. The molecule has 25 heavy (non-hydrogen) atoms. The number of nitrogens with zero attached hydrogens (tertiary/aromatic N) is 1. The normalized spacial score (nSPS) is 21.6. The Morgan fingerprint density at radius 3 is 2.60 bits per heavy atom. The number of carbonyl (C=O) groups excluding carboxylic acids is 3. The SMILES string of the molecule is O=C(CN1C(=O)N[C@@]2(CCc3ccccc32)C1=O)c1ccc(I)cc1. The van der Waals surface area contributed by atoms with Crippen LogP contribution in [0.1, 0.15) is 27.9 Å². The van der Waals surface area contributed by atoms with Gasteiger partial charge in [0.1, 0.15) is 5.54 Å². The summed E-state index contributed by atoms with van der Waals surface area (Å²) in [6.45, 7) is -0.241. The number of benzene rings is 2. The number of halogens is 1. The van der Waals surface area contributed by atoms with E-state index >= 15 is 0 Å². The van der Waals surface area contributed by atoms with Crippen LogP contribution in [-0.4, -0.2) is 29.2 Å². The summed E-state index contributed by atoms with van der Waals surface area (Å²) in [5.74, 6) is -0.579. The summed E-state index contributed by atoms with van der Waals surface area (Å²) in [4.78, 5) is 38.9. The largest absolute Gasteiger partial charge is 0.325 e. The van der Waals surface area contributed by atoms with Crippen LogP contribution in [-0.2, 0) is 16.8 Å². The lowest BCUT2D eigenvalue weighted by Gasteiger charge is -2.22. The van der Waals surface area contributed by atoms with E-state index in [1.807, 2.05) is 36.4 Å². The lowest BCUT2D eigenvalue weighted by atomic mass is 9.92. The van der Waals surface area contributed by atoms with Crippen LogP contribution in [0.5, 0.6) is 0 Å². The van der Waals surface area contributed by atoms with Crippen molar-refractivity contribution in [2.45, 2.75) is 18.4 Å². The highest BCUT2D eigenvalue weighted by atomic mass is 127. The number of hydrogen-bond acceptors (Lipinski definition) is 3. The van der Waals surface area contributed by atoms with Crippen molar-refractivity contribution in [2.75, 3.05) is 6.54 Å². The standard InChI is InChI=1S/C19H15IN2O3/c20-14-7-5-13(6-8-14)16(23)11-22-17(24)19(21-18(22)25)10-9-12-3-1-2-4-15(12)19/h1-8H,9-11H2,(H,21,25)/t19-/m1/s1. The molecule has 1 fully saturated rings.